The van der Waals surface area contributed by atoms with Crippen molar-refractivity contribution in [1.29, 1.82) is 10.5 Å². The van der Waals surface area contributed by atoms with E-state index in [0.29, 0.717) is 11.1 Å². The first-order chi connectivity index (χ1) is 12.8. The molecule has 0 aliphatic rings. The van der Waals surface area contributed by atoms with Crippen molar-refractivity contribution in [2.45, 2.75) is 0 Å². The van der Waals surface area contributed by atoms with Crippen LogP contribution in [0.2, 0.25) is 0 Å². The predicted octanol–water partition coefficient (Wildman–Crippen LogP) is 6.04. The molecule has 0 saturated carbocycles. The molecule has 5 rings (SSSR count). The van der Waals surface area contributed by atoms with Gasteiger partial charge in [-0.3, -0.25) is 0 Å². The van der Waals surface area contributed by atoms with E-state index in [1.807, 2.05) is 36.4 Å². The highest BCUT2D eigenvalue weighted by Gasteiger charge is 2.14. The van der Waals surface area contributed by atoms with Crippen molar-refractivity contribution >= 4 is 43.1 Å². The number of nitrogens with zero attached hydrogens (tertiary/aromatic N) is 2. The van der Waals surface area contributed by atoms with Crippen LogP contribution in [-0.4, -0.2) is 0 Å². The summed E-state index contributed by atoms with van der Waals surface area (Å²) < 4.78 is 0. The second kappa shape index (κ2) is 5.31. The lowest BCUT2D eigenvalue weighted by Crippen LogP contribution is -1.89. The largest absolute Gasteiger partial charge is 0.192 e. The van der Waals surface area contributed by atoms with Gasteiger partial charge in [-0.2, -0.15) is 10.5 Å². The molecule has 0 saturated heterocycles. The fourth-order valence-electron chi connectivity index (χ4n) is 3.95. The maximum absolute atomic E-state index is 9.51. The van der Waals surface area contributed by atoms with Crippen LogP contribution in [0.25, 0.3) is 43.1 Å². The predicted molar refractivity (Wildman–Crippen MR) is 106 cm³/mol. The highest BCUT2D eigenvalue weighted by Crippen LogP contribution is 2.39. The summed E-state index contributed by atoms with van der Waals surface area (Å²) in [6.07, 6.45) is 0. The molecule has 0 N–H and O–H groups in total. The average molecular weight is 328 g/mol. The van der Waals surface area contributed by atoms with Crippen LogP contribution in [0.3, 0.4) is 0 Å². The van der Waals surface area contributed by atoms with Crippen LogP contribution in [0.5, 0.6) is 0 Å². The molecule has 0 fully saturated rings. The maximum Gasteiger partial charge on any atom is 0.101 e. The topological polar surface area (TPSA) is 47.6 Å². The minimum absolute atomic E-state index is 0.421. The van der Waals surface area contributed by atoms with Gasteiger partial charge in [-0.25, -0.2) is 0 Å². The molecule has 0 aliphatic heterocycles. The van der Waals surface area contributed by atoms with E-state index in [2.05, 4.69) is 48.5 Å². The molecule has 0 atom stereocenters. The summed E-state index contributed by atoms with van der Waals surface area (Å²) in [4.78, 5) is 0. The molecule has 5 aromatic carbocycles. The Morgan fingerprint density at radius 2 is 1.08 bits per heavy atom. The Bertz CT molecular complexity index is 1440. The van der Waals surface area contributed by atoms with E-state index in [1.165, 1.54) is 10.8 Å². The van der Waals surface area contributed by atoms with E-state index in [9.17, 15) is 10.5 Å². The van der Waals surface area contributed by atoms with Gasteiger partial charge >= 0.3 is 0 Å². The second-order valence-electron chi connectivity index (χ2n) is 6.42. The van der Waals surface area contributed by atoms with Gasteiger partial charge in [0.25, 0.3) is 0 Å². The molecule has 0 spiro atoms. The number of nitriles is 2. The minimum Gasteiger partial charge on any atom is -0.192 e. The van der Waals surface area contributed by atoms with E-state index in [1.54, 1.807) is 0 Å². The van der Waals surface area contributed by atoms with Gasteiger partial charge in [0.2, 0.25) is 0 Å². The first-order valence-electron chi connectivity index (χ1n) is 8.42. The molecule has 0 heterocycles. The first kappa shape index (κ1) is 14.5. The van der Waals surface area contributed by atoms with Gasteiger partial charge in [-0.15, -0.1) is 0 Å². The van der Waals surface area contributed by atoms with E-state index in [0.717, 1.165) is 32.3 Å². The Morgan fingerprint density at radius 1 is 0.500 bits per heavy atom. The third-order valence-corrected chi connectivity index (χ3v) is 5.10. The van der Waals surface area contributed by atoms with E-state index >= 15 is 0 Å². The SMILES string of the molecule is N#Cc1cc2c3ccccc3c3ccc4ccccc4c3c2cc1C#N. The molecule has 0 aliphatic carbocycles. The summed E-state index contributed by atoms with van der Waals surface area (Å²) in [6.45, 7) is 0. The van der Waals surface area contributed by atoms with Crippen molar-refractivity contribution in [3.63, 3.8) is 0 Å². The van der Waals surface area contributed by atoms with Crippen LogP contribution in [-0.2, 0) is 0 Å². The molecule has 0 radical (unpaired) electrons. The number of benzene rings is 5. The Kier molecular flexibility index (Phi) is 2.95. The zero-order valence-electron chi connectivity index (χ0n) is 13.8. The minimum atomic E-state index is 0.421. The molecular formula is C24H12N2. The van der Waals surface area contributed by atoms with Gasteiger partial charge in [0.05, 0.1) is 11.1 Å². The normalized spacial score (nSPS) is 11.0. The Morgan fingerprint density at radius 3 is 1.77 bits per heavy atom. The number of hydrogen-bond donors (Lipinski definition) is 0. The monoisotopic (exact) mass is 328 g/mol. The summed E-state index contributed by atoms with van der Waals surface area (Å²) in [5.41, 5.74) is 0.842. The standard InChI is InChI=1S/C24H12N2/c25-13-16-11-22-20-8-4-3-7-19(20)21-10-9-15-5-1-2-6-18(15)24(21)23(22)12-17(16)14-26/h1-12H. The Balaban J connectivity index is 2.20. The zero-order chi connectivity index (χ0) is 17.7. The zero-order valence-corrected chi connectivity index (χ0v) is 13.8. The van der Waals surface area contributed by atoms with E-state index < -0.39 is 0 Å². The van der Waals surface area contributed by atoms with Crippen molar-refractivity contribution in [1.82, 2.24) is 0 Å². The smallest absolute Gasteiger partial charge is 0.101 e. The molecule has 0 aromatic heterocycles. The quantitative estimate of drug-likeness (QED) is 0.325. The molecule has 5 aromatic rings. The molecule has 26 heavy (non-hydrogen) atoms. The highest BCUT2D eigenvalue weighted by molar-refractivity contribution is 6.31. The second-order valence-corrected chi connectivity index (χ2v) is 6.42. The number of fused-ring (bicyclic) bond motifs is 8. The maximum atomic E-state index is 9.51. The van der Waals surface area contributed by atoms with E-state index in [4.69, 9.17) is 0 Å². The van der Waals surface area contributed by atoms with Crippen molar-refractivity contribution in [2.75, 3.05) is 0 Å². The molecule has 2 heteroatoms. The van der Waals surface area contributed by atoms with Crippen LogP contribution in [0.1, 0.15) is 11.1 Å². The van der Waals surface area contributed by atoms with Gasteiger partial charge in [0, 0.05) is 0 Å². The van der Waals surface area contributed by atoms with Gasteiger partial charge in [0.1, 0.15) is 12.1 Å². The first-order valence-corrected chi connectivity index (χ1v) is 8.42. The van der Waals surface area contributed by atoms with Crippen LogP contribution in [0.4, 0.5) is 0 Å². The van der Waals surface area contributed by atoms with Crippen LogP contribution in [0, 0.1) is 22.7 Å². The number of rotatable bonds is 0. The molecule has 0 unspecified atom stereocenters. The van der Waals surface area contributed by atoms with Crippen LogP contribution in [0.15, 0.2) is 72.8 Å². The Hall–Kier alpha value is -3.88. The average Bonchev–Trinajstić information content (AvgIpc) is 2.72. The number of hydrogen-bond acceptors (Lipinski definition) is 2. The van der Waals surface area contributed by atoms with Crippen molar-refractivity contribution in [3.05, 3.63) is 83.9 Å². The summed E-state index contributed by atoms with van der Waals surface area (Å²) in [6, 6.07) is 28.9. The van der Waals surface area contributed by atoms with Crippen molar-refractivity contribution < 1.29 is 0 Å². The van der Waals surface area contributed by atoms with Crippen LogP contribution < -0.4 is 0 Å². The molecule has 118 valence electrons. The van der Waals surface area contributed by atoms with Gasteiger partial charge in [-0.05, 0) is 55.2 Å². The van der Waals surface area contributed by atoms with Crippen molar-refractivity contribution in [2.24, 2.45) is 0 Å². The summed E-state index contributed by atoms with van der Waals surface area (Å²) in [5, 5.41) is 27.9. The third-order valence-electron chi connectivity index (χ3n) is 5.10. The fraction of sp³-hybridized carbons (Fsp3) is 0. The van der Waals surface area contributed by atoms with Gasteiger partial charge in [0.15, 0.2) is 0 Å². The third kappa shape index (κ3) is 1.85. The summed E-state index contributed by atoms with van der Waals surface area (Å²) in [5.74, 6) is 0. The van der Waals surface area contributed by atoms with Crippen molar-refractivity contribution in [3.8, 4) is 12.1 Å². The van der Waals surface area contributed by atoms with Gasteiger partial charge < -0.3 is 0 Å². The molecule has 2 nitrogen and oxygen atoms in total. The van der Waals surface area contributed by atoms with E-state index in [-0.39, 0.29) is 0 Å². The lowest BCUT2D eigenvalue weighted by molar-refractivity contribution is 1.45. The fourth-order valence-corrected chi connectivity index (χ4v) is 3.95. The molecular weight excluding hydrogens is 316 g/mol. The molecule has 0 amide bonds. The van der Waals surface area contributed by atoms with Gasteiger partial charge in [-0.1, -0.05) is 60.7 Å². The Labute approximate surface area is 150 Å². The lowest BCUT2D eigenvalue weighted by Gasteiger charge is -2.13. The molecule has 0 bridgehead atoms. The lowest BCUT2D eigenvalue weighted by atomic mass is 9.89. The summed E-state index contributed by atoms with van der Waals surface area (Å²) >= 11 is 0. The van der Waals surface area contributed by atoms with Crippen LogP contribution >= 0.6 is 0 Å². The highest BCUT2D eigenvalue weighted by atomic mass is 14.3. The summed E-state index contributed by atoms with van der Waals surface area (Å²) in [7, 11) is 0.